The summed E-state index contributed by atoms with van der Waals surface area (Å²) in [5.41, 5.74) is 1.39. The first-order valence-electron chi connectivity index (χ1n) is 7.67. The Morgan fingerprint density at radius 2 is 1.68 bits per heavy atom. The summed E-state index contributed by atoms with van der Waals surface area (Å²) in [5, 5.41) is 7.67. The van der Waals surface area contributed by atoms with E-state index in [2.05, 4.69) is 10.6 Å². The zero-order valence-corrected chi connectivity index (χ0v) is 16.3. The molecule has 0 saturated heterocycles. The normalized spacial score (nSPS) is 13.2. The molecule has 0 bridgehead atoms. The lowest BCUT2D eigenvalue weighted by Crippen LogP contribution is -2.39. The highest BCUT2D eigenvalue weighted by atomic mass is 35.5. The fourth-order valence-corrected chi connectivity index (χ4v) is 3.16. The van der Waals surface area contributed by atoms with E-state index in [9.17, 15) is 4.79 Å². The molecule has 2 aromatic rings. The summed E-state index contributed by atoms with van der Waals surface area (Å²) in [6.45, 7) is 3.70. The van der Waals surface area contributed by atoms with Gasteiger partial charge in [0.2, 0.25) is 5.91 Å². The summed E-state index contributed by atoms with van der Waals surface area (Å²) < 4.78 is 5.23. The predicted molar refractivity (Wildman–Crippen MR) is 104 cm³/mol. The third-order valence-electron chi connectivity index (χ3n) is 3.74. The zero-order valence-electron chi connectivity index (χ0n) is 14.1. The highest BCUT2D eigenvalue weighted by Crippen LogP contribution is 2.28. The smallest absolute Gasteiger partial charge is 0.241 e. The van der Waals surface area contributed by atoms with E-state index in [1.807, 2.05) is 13.0 Å². The van der Waals surface area contributed by atoms with Gasteiger partial charge in [0.1, 0.15) is 5.75 Å². The Hall–Kier alpha value is -1.46. The van der Waals surface area contributed by atoms with Gasteiger partial charge in [-0.3, -0.25) is 10.1 Å². The van der Waals surface area contributed by atoms with Gasteiger partial charge in [0.25, 0.3) is 0 Å². The van der Waals surface area contributed by atoms with Crippen molar-refractivity contribution >= 4 is 46.4 Å². The van der Waals surface area contributed by atoms with Crippen LogP contribution in [0.4, 0.5) is 5.69 Å². The molecule has 0 aliphatic heterocycles. The number of halogens is 3. The van der Waals surface area contributed by atoms with Crippen LogP contribution >= 0.6 is 34.8 Å². The van der Waals surface area contributed by atoms with Gasteiger partial charge in [-0.2, -0.15) is 0 Å². The minimum absolute atomic E-state index is 0.133. The van der Waals surface area contributed by atoms with Crippen molar-refractivity contribution in [3.63, 3.8) is 0 Å². The van der Waals surface area contributed by atoms with Crippen LogP contribution in [0, 0.1) is 0 Å². The van der Waals surface area contributed by atoms with Gasteiger partial charge in [-0.05, 0) is 49.7 Å². The quantitative estimate of drug-likeness (QED) is 0.687. The van der Waals surface area contributed by atoms with Crippen LogP contribution in [0.15, 0.2) is 36.4 Å². The minimum atomic E-state index is -0.467. The monoisotopic (exact) mass is 400 g/mol. The first-order valence-corrected chi connectivity index (χ1v) is 8.80. The van der Waals surface area contributed by atoms with Crippen molar-refractivity contribution in [3.05, 3.63) is 57.0 Å². The Kier molecular flexibility index (Phi) is 6.96. The van der Waals surface area contributed by atoms with Crippen LogP contribution in [0.3, 0.4) is 0 Å². The van der Waals surface area contributed by atoms with Gasteiger partial charge in [-0.1, -0.05) is 40.9 Å². The number of methoxy groups -OCH3 is 1. The summed E-state index contributed by atoms with van der Waals surface area (Å²) in [4.78, 5) is 12.5. The maximum atomic E-state index is 12.5. The van der Waals surface area contributed by atoms with Crippen LogP contribution in [0.5, 0.6) is 5.75 Å². The highest BCUT2D eigenvalue weighted by Gasteiger charge is 2.19. The molecule has 2 atom stereocenters. The van der Waals surface area contributed by atoms with E-state index in [0.717, 1.165) is 5.56 Å². The van der Waals surface area contributed by atoms with Crippen LogP contribution in [-0.2, 0) is 4.79 Å². The molecule has 2 rings (SSSR count). The van der Waals surface area contributed by atoms with E-state index in [1.54, 1.807) is 37.3 Å². The fourth-order valence-electron chi connectivity index (χ4n) is 2.41. The topological polar surface area (TPSA) is 50.4 Å². The molecule has 0 spiro atoms. The summed E-state index contributed by atoms with van der Waals surface area (Å²) in [6, 6.07) is 9.73. The van der Waals surface area contributed by atoms with Crippen LogP contribution < -0.4 is 15.4 Å². The Balaban J connectivity index is 2.06. The molecule has 134 valence electrons. The third kappa shape index (κ3) is 5.25. The summed E-state index contributed by atoms with van der Waals surface area (Å²) >= 11 is 18.1. The SMILES string of the molecule is COc1ccc(Cl)cc1NC(=O)[C@@H](C)N[C@@H](C)c1ccc(Cl)cc1Cl. The molecule has 0 fully saturated rings. The van der Waals surface area contributed by atoms with Crippen molar-refractivity contribution in [2.45, 2.75) is 25.9 Å². The zero-order chi connectivity index (χ0) is 18.6. The maximum Gasteiger partial charge on any atom is 0.241 e. The fraction of sp³-hybridized carbons (Fsp3) is 0.278. The molecule has 7 heteroatoms. The molecule has 0 aliphatic carbocycles. The molecule has 2 aromatic carbocycles. The first-order chi connectivity index (χ1) is 11.8. The van der Waals surface area contributed by atoms with Gasteiger partial charge < -0.3 is 10.1 Å². The summed E-state index contributed by atoms with van der Waals surface area (Å²) in [7, 11) is 1.53. The molecule has 0 saturated carbocycles. The van der Waals surface area contributed by atoms with Crippen LogP contribution in [0.1, 0.15) is 25.5 Å². The number of carbonyl (C=O) groups is 1. The van der Waals surface area contributed by atoms with Gasteiger partial charge in [0, 0.05) is 21.1 Å². The number of rotatable bonds is 6. The van der Waals surface area contributed by atoms with Crippen molar-refractivity contribution in [2.75, 3.05) is 12.4 Å². The standard InChI is InChI=1S/C18H19Cl3N2O2/c1-10(14-6-4-12(19)8-15(14)21)22-11(2)18(24)23-16-9-13(20)5-7-17(16)25-3/h4-11,22H,1-3H3,(H,23,24)/t10-,11+/m0/s1. The van der Waals surface area contributed by atoms with Gasteiger partial charge in [0.15, 0.2) is 0 Å². The lowest BCUT2D eigenvalue weighted by molar-refractivity contribution is -0.117. The lowest BCUT2D eigenvalue weighted by atomic mass is 10.1. The van der Waals surface area contributed by atoms with Crippen molar-refractivity contribution in [1.82, 2.24) is 5.32 Å². The number of hydrogen-bond acceptors (Lipinski definition) is 3. The van der Waals surface area contributed by atoms with Gasteiger partial charge >= 0.3 is 0 Å². The van der Waals surface area contributed by atoms with E-state index < -0.39 is 6.04 Å². The minimum Gasteiger partial charge on any atom is -0.495 e. The van der Waals surface area contributed by atoms with Gasteiger partial charge in [-0.15, -0.1) is 0 Å². The molecule has 1 amide bonds. The second-order valence-electron chi connectivity index (χ2n) is 5.61. The Labute approximate surface area is 162 Å². The van der Waals surface area contributed by atoms with Gasteiger partial charge in [0.05, 0.1) is 18.8 Å². The van der Waals surface area contributed by atoms with E-state index in [4.69, 9.17) is 39.5 Å². The number of anilines is 1. The number of carbonyl (C=O) groups excluding carboxylic acids is 1. The van der Waals surface area contributed by atoms with E-state index in [1.165, 1.54) is 7.11 Å². The number of nitrogens with one attached hydrogen (secondary N) is 2. The first kappa shape index (κ1) is 19.9. The maximum absolute atomic E-state index is 12.5. The average Bonchev–Trinajstić information content (AvgIpc) is 2.54. The lowest BCUT2D eigenvalue weighted by Gasteiger charge is -2.21. The molecule has 0 heterocycles. The van der Waals surface area contributed by atoms with Crippen molar-refractivity contribution in [3.8, 4) is 5.75 Å². The molecule has 0 aromatic heterocycles. The molecule has 0 aliphatic rings. The largest absolute Gasteiger partial charge is 0.495 e. The van der Waals surface area contributed by atoms with Crippen LogP contribution in [0.2, 0.25) is 15.1 Å². The molecule has 0 radical (unpaired) electrons. The summed E-state index contributed by atoms with van der Waals surface area (Å²) in [6.07, 6.45) is 0. The third-order valence-corrected chi connectivity index (χ3v) is 4.54. The average molecular weight is 402 g/mol. The van der Waals surface area contributed by atoms with Crippen LogP contribution in [0.25, 0.3) is 0 Å². The van der Waals surface area contributed by atoms with Crippen LogP contribution in [-0.4, -0.2) is 19.1 Å². The predicted octanol–water partition coefficient (Wildman–Crippen LogP) is 5.33. The second-order valence-corrected chi connectivity index (χ2v) is 6.89. The Morgan fingerprint density at radius 1 is 1.04 bits per heavy atom. The highest BCUT2D eigenvalue weighted by molar-refractivity contribution is 6.35. The van der Waals surface area contributed by atoms with Crippen molar-refractivity contribution in [2.24, 2.45) is 0 Å². The second kappa shape index (κ2) is 8.77. The van der Waals surface area contributed by atoms with E-state index in [-0.39, 0.29) is 11.9 Å². The number of amides is 1. The summed E-state index contributed by atoms with van der Waals surface area (Å²) in [5.74, 6) is 0.330. The van der Waals surface area contributed by atoms with Crippen molar-refractivity contribution in [1.29, 1.82) is 0 Å². The molecular formula is C18H19Cl3N2O2. The Bertz CT molecular complexity index is 768. The number of ether oxygens (including phenoxy) is 1. The van der Waals surface area contributed by atoms with E-state index in [0.29, 0.717) is 26.5 Å². The molecule has 25 heavy (non-hydrogen) atoms. The number of hydrogen-bond donors (Lipinski definition) is 2. The Morgan fingerprint density at radius 3 is 2.32 bits per heavy atom. The van der Waals surface area contributed by atoms with Gasteiger partial charge in [-0.25, -0.2) is 0 Å². The molecule has 4 nitrogen and oxygen atoms in total. The molecule has 0 unspecified atom stereocenters. The van der Waals surface area contributed by atoms with Crippen molar-refractivity contribution < 1.29 is 9.53 Å². The molecule has 2 N–H and O–H groups in total. The van der Waals surface area contributed by atoms with E-state index >= 15 is 0 Å². The number of benzene rings is 2. The molecular weight excluding hydrogens is 383 g/mol.